The van der Waals surface area contributed by atoms with Crippen molar-refractivity contribution in [3.05, 3.63) is 50.9 Å². The standard InChI is InChI=1S/C17H21FN4O3S/c1-3-4-9-22-15(19)14(16(24)20-17(22)25)21(2)13(23)10-26-12-8-6-5-7-11(12)18/h5-8H,3-4,9-10,19H2,1-2H3,(H,20,24,25). The Morgan fingerprint density at radius 1 is 1.35 bits per heavy atom. The largest absolute Gasteiger partial charge is 0.383 e. The molecule has 1 amide bonds. The molecule has 140 valence electrons. The van der Waals surface area contributed by atoms with E-state index in [1.807, 2.05) is 6.92 Å². The molecule has 0 aliphatic carbocycles. The number of carbonyl (C=O) groups excluding carboxylic acids is 1. The van der Waals surface area contributed by atoms with Crippen molar-refractivity contribution in [2.45, 2.75) is 31.2 Å². The van der Waals surface area contributed by atoms with Crippen molar-refractivity contribution in [1.29, 1.82) is 0 Å². The zero-order valence-corrected chi connectivity index (χ0v) is 15.4. The molecule has 0 fully saturated rings. The van der Waals surface area contributed by atoms with Crippen molar-refractivity contribution in [2.75, 3.05) is 23.4 Å². The number of aromatic amines is 1. The maximum atomic E-state index is 13.6. The van der Waals surface area contributed by atoms with Gasteiger partial charge in [-0.1, -0.05) is 25.5 Å². The number of nitrogens with one attached hydrogen (secondary N) is 1. The SMILES string of the molecule is CCCCn1c(N)c(N(C)C(=O)CSc2ccccc2F)c(=O)[nH]c1=O. The average molecular weight is 380 g/mol. The van der Waals surface area contributed by atoms with Gasteiger partial charge in [0.15, 0.2) is 5.69 Å². The van der Waals surface area contributed by atoms with Crippen LogP contribution in [0.25, 0.3) is 0 Å². The third kappa shape index (κ3) is 4.34. The highest BCUT2D eigenvalue weighted by Gasteiger charge is 2.21. The normalized spacial score (nSPS) is 10.7. The number of hydrogen-bond donors (Lipinski definition) is 2. The average Bonchev–Trinajstić information content (AvgIpc) is 2.60. The van der Waals surface area contributed by atoms with E-state index in [9.17, 15) is 18.8 Å². The van der Waals surface area contributed by atoms with Crippen LogP contribution in [0, 0.1) is 5.82 Å². The summed E-state index contributed by atoms with van der Waals surface area (Å²) in [5.74, 6) is -0.988. The van der Waals surface area contributed by atoms with E-state index in [0.717, 1.165) is 23.1 Å². The number of nitrogen functional groups attached to an aromatic ring is 1. The van der Waals surface area contributed by atoms with Gasteiger partial charge in [0.25, 0.3) is 5.56 Å². The Kier molecular flexibility index (Phi) is 6.62. The van der Waals surface area contributed by atoms with E-state index in [2.05, 4.69) is 4.98 Å². The lowest BCUT2D eigenvalue weighted by atomic mass is 10.3. The predicted molar refractivity (Wildman–Crippen MR) is 101 cm³/mol. The van der Waals surface area contributed by atoms with Gasteiger partial charge in [0.2, 0.25) is 5.91 Å². The number of rotatable bonds is 7. The fraction of sp³-hybridized carbons (Fsp3) is 0.353. The molecular weight excluding hydrogens is 359 g/mol. The fourth-order valence-electron chi connectivity index (χ4n) is 2.36. The zero-order chi connectivity index (χ0) is 19.3. The molecule has 2 rings (SSSR count). The molecule has 0 unspecified atom stereocenters. The van der Waals surface area contributed by atoms with Crippen LogP contribution in [0.15, 0.2) is 38.8 Å². The van der Waals surface area contributed by atoms with Crippen molar-refractivity contribution in [2.24, 2.45) is 0 Å². The van der Waals surface area contributed by atoms with Crippen molar-refractivity contribution >= 4 is 29.2 Å². The van der Waals surface area contributed by atoms with Gasteiger partial charge in [0.05, 0.1) is 5.75 Å². The van der Waals surface area contributed by atoms with Crippen LogP contribution in [0.5, 0.6) is 0 Å². The van der Waals surface area contributed by atoms with Crippen LogP contribution < -0.4 is 21.9 Å². The zero-order valence-electron chi connectivity index (χ0n) is 14.6. The third-order valence-electron chi connectivity index (χ3n) is 3.85. The van der Waals surface area contributed by atoms with Crippen molar-refractivity contribution in [3.8, 4) is 0 Å². The molecule has 0 atom stereocenters. The van der Waals surface area contributed by atoms with Crippen LogP contribution in [0.1, 0.15) is 19.8 Å². The number of nitrogens with zero attached hydrogens (tertiary/aromatic N) is 2. The summed E-state index contributed by atoms with van der Waals surface area (Å²) < 4.78 is 14.9. The Morgan fingerprint density at radius 3 is 2.69 bits per heavy atom. The summed E-state index contributed by atoms with van der Waals surface area (Å²) in [6.07, 6.45) is 1.55. The van der Waals surface area contributed by atoms with Gasteiger partial charge in [-0.15, -0.1) is 11.8 Å². The third-order valence-corrected chi connectivity index (χ3v) is 4.88. The molecule has 0 aliphatic rings. The molecule has 3 N–H and O–H groups in total. The van der Waals surface area contributed by atoms with Gasteiger partial charge in [-0.05, 0) is 18.6 Å². The Morgan fingerprint density at radius 2 is 2.04 bits per heavy atom. The van der Waals surface area contributed by atoms with Gasteiger partial charge in [0.1, 0.15) is 11.6 Å². The number of H-pyrrole nitrogens is 1. The Hall–Kier alpha value is -2.55. The van der Waals surface area contributed by atoms with E-state index < -0.39 is 23.0 Å². The number of halogens is 1. The lowest BCUT2D eigenvalue weighted by Crippen LogP contribution is -2.39. The van der Waals surface area contributed by atoms with E-state index in [4.69, 9.17) is 5.73 Å². The number of benzene rings is 1. The molecule has 2 aromatic rings. The molecule has 0 saturated carbocycles. The topological polar surface area (TPSA) is 101 Å². The van der Waals surface area contributed by atoms with Gasteiger partial charge in [-0.25, -0.2) is 9.18 Å². The first kappa shape index (κ1) is 19.8. The van der Waals surface area contributed by atoms with Gasteiger partial charge in [-0.2, -0.15) is 0 Å². The first-order valence-electron chi connectivity index (χ1n) is 8.13. The summed E-state index contributed by atoms with van der Waals surface area (Å²) >= 11 is 1.02. The second kappa shape index (κ2) is 8.70. The van der Waals surface area contributed by atoms with E-state index in [0.29, 0.717) is 17.9 Å². The summed E-state index contributed by atoms with van der Waals surface area (Å²) in [5, 5.41) is 0. The molecule has 1 heterocycles. The van der Waals surface area contributed by atoms with E-state index in [1.165, 1.54) is 17.7 Å². The van der Waals surface area contributed by atoms with Gasteiger partial charge in [-0.3, -0.25) is 19.1 Å². The van der Waals surface area contributed by atoms with Gasteiger partial charge in [0, 0.05) is 18.5 Å². The van der Waals surface area contributed by atoms with Crippen LogP contribution in [0.3, 0.4) is 0 Å². The molecule has 0 spiro atoms. The molecule has 1 aromatic carbocycles. The van der Waals surface area contributed by atoms with Crippen molar-refractivity contribution < 1.29 is 9.18 Å². The van der Waals surface area contributed by atoms with Crippen LogP contribution in [0.2, 0.25) is 0 Å². The summed E-state index contributed by atoms with van der Waals surface area (Å²) in [7, 11) is 1.40. The smallest absolute Gasteiger partial charge is 0.330 e. The number of anilines is 2. The number of carbonyl (C=O) groups is 1. The fourth-order valence-corrected chi connectivity index (χ4v) is 3.22. The molecular formula is C17H21FN4O3S. The molecule has 26 heavy (non-hydrogen) atoms. The van der Waals surface area contributed by atoms with Gasteiger partial charge >= 0.3 is 5.69 Å². The number of nitrogens with two attached hydrogens (primary N) is 1. The van der Waals surface area contributed by atoms with Crippen LogP contribution in [-0.2, 0) is 11.3 Å². The summed E-state index contributed by atoms with van der Waals surface area (Å²) in [5.41, 5.74) is 4.56. The number of unbranched alkanes of at least 4 members (excludes halogenated alkanes) is 1. The molecule has 1 aromatic heterocycles. The highest BCUT2D eigenvalue weighted by Crippen LogP contribution is 2.23. The van der Waals surface area contributed by atoms with Crippen LogP contribution >= 0.6 is 11.8 Å². The lowest BCUT2D eigenvalue weighted by Gasteiger charge is -2.20. The number of thioether (sulfide) groups is 1. The Balaban J connectivity index is 2.24. The monoisotopic (exact) mass is 380 g/mol. The van der Waals surface area contributed by atoms with E-state index in [-0.39, 0.29) is 17.3 Å². The summed E-state index contributed by atoms with van der Waals surface area (Å²) in [4.78, 5) is 40.1. The minimum absolute atomic E-state index is 0.0565. The van der Waals surface area contributed by atoms with Crippen molar-refractivity contribution in [1.82, 2.24) is 9.55 Å². The molecule has 0 radical (unpaired) electrons. The van der Waals surface area contributed by atoms with Crippen LogP contribution in [-0.4, -0.2) is 28.3 Å². The summed E-state index contributed by atoms with van der Waals surface area (Å²) in [6.45, 7) is 2.31. The van der Waals surface area contributed by atoms with Crippen LogP contribution in [0.4, 0.5) is 15.9 Å². The molecule has 0 bridgehead atoms. The van der Waals surface area contributed by atoms with E-state index >= 15 is 0 Å². The minimum Gasteiger partial charge on any atom is -0.383 e. The van der Waals surface area contributed by atoms with Crippen molar-refractivity contribution in [3.63, 3.8) is 0 Å². The maximum Gasteiger partial charge on any atom is 0.330 e. The number of amides is 1. The molecule has 9 heteroatoms. The van der Waals surface area contributed by atoms with Gasteiger partial charge < -0.3 is 10.6 Å². The highest BCUT2D eigenvalue weighted by atomic mass is 32.2. The highest BCUT2D eigenvalue weighted by molar-refractivity contribution is 8.00. The van der Waals surface area contributed by atoms with E-state index in [1.54, 1.807) is 18.2 Å². The Bertz CT molecular complexity index is 910. The molecule has 7 nitrogen and oxygen atoms in total. The number of hydrogen-bond acceptors (Lipinski definition) is 5. The lowest BCUT2D eigenvalue weighted by molar-refractivity contribution is -0.115. The predicted octanol–water partition coefficient (Wildman–Crippen LogP) is 1.81. The maximum absolute atomic E-state index is 13.6. The molecule has 0 aliphatic heterocycles. The second-order valence-electron chi connectivity index (χ2n) is 5.67. The summed E-state index contributed by atoms with van der Waals surface area (Å²) in [6, 6.07) is 6.11. The minimum atomic E-state index is -0.730. The number of aromatic nitrogens is 2. The Labute approximate surface area is 154 Å². The first-order chi connectivity index (χ1) is 12.4. The molecule has 0 saturated heterocycles. The first-order valence-corrected chi connectivity index (χ1v) is 9.11. The quantitative estimate of drug-likeness (QED) is 0.714. The second-order valence-corrected chi connectivity index (χ2v) is 6.69.